The summed E-state index contributed by atoms with van der Waals surface area (Å²) < 4.78 is 4.69. The minimum Gasteiger partial charge on any atom is -0.465 e. The van der Waals surface area contributed by atoms with E-state index in [-0.39, 0.29) is 0 Å². The van der Waals surface area contributed by atoms with E-state index in [1.165, 1.54) is 13.5 Å². The van der Waals surface area contributed by atoms with Crippen LogP contribution < -0.4 is 10.6 Å². The Hall–Kier alpha value is -1.42. The van der Waals surface area contributed by atoms with Crippen LogP contribution in [-0.4, -0.2) is 25.7 Å². The monoisotopic (exact) mass is 282 g/mol. The molecule has 0 bridgehead atoms. The number of halogens is 1. The minimum atomic E-state index is -0.424. The van der Waals surface area contributed by atoms with Crippen molar-refractivity contribution in [2.75, 3.05) is 24.3 Å². The first kappa shape index (κ1) is 14.0. The number of rotatable bonds is 2. The first-order chi connectivity index (χ1) is 9.04. The molecule has 0 aliphatic carbocycles. The number of benzene rings is 1. The van der Waals surface area contributed by atoms with Gasteiger partial charge in [0.2, 0.25) is 0 Å². The van der Waals surface area contributed by atoms with Crippen LogP contribution in [0.15, 0.2) is 12.1 Å². The van der Waals surface area contributed by atoms with E-state index in [2.05, 4.69) is 16.6 Å². The lowest BCUT2D eigenvalue weighted by Crippen LogP contribution is -2.38. The van der Waals surface area contributed by atoms with Crippen molar-refractivity contribution in [2.24, 2.45) is 0 Å². The Bertz CT molecular complexity index is 467. The number of hydrogen-bond donors (Lipinski definition) is 1. The average molecular weight is 283 g/mol. The Kier molecular flexibility index (Phi) is 4.20. The lowest BCUT2D eigenvalue weighted by atomic mass is 10.0. The Morgan fingerprint density at radius 2 is 2.21 bits per heavy atom. The quantitative estimate of drug-likeness (QED) is 0.669. The smallest absolute Gasteiger partial charge is 0.337 e. The summed E-state index contributed by atoms with van der Waals surface area (Å²) in [4.78, 5) is 13.7. The van der Waals surface area contributed by atoms with E-state index in [4.69, 9.17) is 17.3 Å². The molecular formula is C14H19ClN2O2. The Balaban J connectivity index is 2.38. The summed E-state index contributed by atoms with van der Waals surface area (Å²) in [7, 11) is 1.34. The molecule has 1 fully saturated rings. The van der Waals surface area contributed by atoms with Crippen LogP contribution in [0.25, 0.3) is 0 Å². The largest absolute Gasteiger partial charge is 0.465 e. The predicted molar refractivity (Wildman–Crippen MR) is 77.9 cm³/mol. The van der Waals surface area contributed by atoms with Crippen molar-refractivity contribution < 1.29 is 9.53 Å². The molecule has 1 atom stereocenters. The number of anilines is 2. The zero-order valence-corrected chi connectivity index (χ0v) is 12.0. The number of nitrogens with zero attached hydrogens (tertiary/aromatic N) is 1. The van der Waals surface area contributed by atoms with Gasteiger partial charge in [-0.1, -0.05) is 11.6 Å². The maximum Gasteiger partial charge on any atom is 0.337 e. The number of hydrogen-bond acceptors (Lipinski definition) is 4. The number of nitrogen functional groups attached to an aromatic ring is 1. The Labute approximate surface area is 118 Å². The van der Waals surface area contributed by atoms with Crippen molar-refractivity contribution >= 4 is 28.9 Å². The fraction of sp³-hybridized carbons (Fsp3) is 0.500. The molecule has 5 heteroatoms. The Morgan fingerprint density at radius 3 is 2.79 bits per heavy atom. The lowest BCUT2D eigenvalue weighted by molar-refractivity contribution is 0.0601. The molecule has 1 aliphatic rings. The van der Waals surface area contributed by atoms with E-state index in [0.29, 0.717) is 22.3 Å². The third kappa shape index (κ3) is 2.78. The SMILES string of the molecule is COC(=O)c1cc(N)c(N2CCCCC2C)c(Cl)c1. The van der Waals surface area contributed by atoms with Gasteiger partial charge in [-0.25, -0.2) is 4.79 Å². The molecule has 1 aromatic rings. The highest BCUT2D eigenvalue weighted by molar-refractivity contribution is 6.34. The number of esters is 1. The predicted octanol–water partition coefficient (Wildman–Crippen LogP) is 3.09. The normalized spacial score (nSPS) is 19.3. The highest BCUT2D eigenvalue weighted by Crippen LogP contribution is 2.37. The Morgan fingerprint density at radius 1 is 1.47 bits per heavy atom. The van der Waals surface area contributed by atoms with Crippen molar-refractivity contribution in [3.63, 3.8) is 0 Å². The molecule has 1 unspecified atom stereocenters. The summed E-state index contributed by atoms with van der Waals surface area (Å²) in [5.41, 5.74) is 7.83. The van der Waals surface area contributed by atoms with E-state index in [9.17, 15) is 4.79 Å². The van der Waals surface area contributed by atoms with Gasteiger partial charge in [0.1, 0.15) is 0 Å². The van der Waals surface area contributed by atoms with Crippen LogP contribution in [0.2, 0.25) is 5.02 Å². The molecule has 19 heavy (non-hydrogen) atoms. The average Bonchev–Trinajstić information content (AvgIpc) is 2.39. The molecule has 0 saturated carbocycles. The number of piperidine rings is 1. The second kappa shape index (κ2) is 5.70. The van der Waals surface area contributed by atoms with E-state index in [1.54, 1.807) is 12.1 Å². The molecule has 2 rings (SSSR count). The molecule has 0 radical (unpaired) electrons. The van der Waals surface area contributed by atoms with Gasteiger partial charge in [0.05, 0.1) is 29.1 Å². The minimum absolute atomic E-state index is 0.387. The van der Waals surface area contributed by atoms with Gasteiger partial charge in [0.15, 0.2) is 0 Å². The first-order valence-electron chi connectivity index (χ1n) is 6.48. The lowest BCUT2D eigenvalue weighted by Gasteiger charge is -2.36. The summed E-state index contributed by atoms with van der Waals surface area (Å²) in [5, 5.41) is 0.508. The third-order valence-electron chi connectivity index (χ3n) is 3.60. The number of carbonyl (C=O) groups is 1. The van der Waals surface area contributed by atoms with Crippen molar-refractivity contribution in [1.29, 1.82) is 0 Å². The number of ether oxygens (including phenoxy) is 1. The number of carbonyl (C=O) groups excluding carboxylic acids is 1. The molecule has 2 N–H and O–H groups in total. The topological polar surface area (TPSA) is 55.6 Å². The number of methoxy groups -OCH3 is 1. The van der Waals surface area contributed by atoms with E-state index < -0.39 is 5.97 Å². The molecule has 0 amide bonds. The maximum absolute atomic E-state index is 11.5. The van der Waals surface area contributed by atoms with Crippen LogP contribution in [0.4, 0.5) is 11.4 Å². The van der Waals surface area contributed by atoms with E-state index >= 15 is 0 Å². The fourth-order valence-corrected chi connectivity index (χ4v) is 2.92. The van der Waals surface area contributed by atoms with Gasteiger partial charge in [-0.2, -0.15) is 0 Å². The van der Waals surface area contributed by atoms with Gasteiger partial charge in [0.25, 0.3) is 0 Å². The highest BCUT2D eigenvalue weighted by atomic mass is 35.5. The van der Waals surface area contributed by atoms with Crippen LogP contribution in [0.3, 0.4) is 0 Å². The maximum atomic E-state index is 11.5. The van der Waals surface area contributed by atoms with Crippen LogP contribution in [0.5, 0.6) is 0 Å². The zero-order valence-electron chi connectivity index (χ0n) is 11.3. The summed E-state index contributed by atoms with van der Waals surface area (Å²) in [6, 6.07) is 3.67. The van der Waals surface area contributed by atoms with Gasteiger partial charge in [-0.3, -0.25) is 0 Å². The van der Waals surface area contributed by atoms with Gasteiger partial charge < -0.3 is 15.4 Å². The van der Waals surface area contributed by atoms with Crippen LogP contribution in [0.1, 0.15) is 36.5 Å². The summed E-state index contributed by atoms with van der Waals surface area (Å²) >= 11 is 6.30. The molecule has 1 aromatic carbocycles. The molecule has 1 saturated heterocycles. The summed E-state index contributed by atoms with van der Waals surface area (Å²) in [5.74, 6) is -0.424. The molecule has 104 valence electrons. The molecule has 1 aliphatic heterocycles. The van der Waals surface area contributed by atoms with Crippen LogP contribution in [-0.2, 0) is 4.74 Å². The fourth-order valence-electron chi connectivity index (χ4n) is 2.59. The van der Waals surface area contributed by atoms with Crippen molar-refractivity contribution in [3.05, 3.63) is 22.7 Å². The number of nitrogens with two attached hydrogens (primary N) is 1. The van der Waals surface area contributed by atoms with Crippen LogP contribution >= 0.6 is 11.6 Å². The summed E-state index contributed by atoms with van der Waals surface area (Å²) in [6.45, 7) is 3.12. The molecule has 4 nitrogen and oxygen atoms in total. The van der Waals surface area contributed by atoms with Gasteiger partial charge in [-0.05, 0) is 38.3 Å². The van der Waals surface area contributed by atoms with Crippen molar-refractivity contribution in [2.45, 2.75) is 32.2 Å². The van der Waals surface area contributed by atoms with Crippen molar-refractivity contribution in [1.82, 2.24) is 0 Å². The highest BCUT2D eigenvalue weighted by Gasteiger charge is 2.23. The third-order valence-corrected chi connectivity index (χ3v) is 3.89. The zero-order chi connectivity index (χ0) is 14.0. The molecule has 0 spiro atoms. The molecule has 1 heterocycles. The standard InChI is InChI=1S/C14H19ClN2O2/c1-9-5-3-4-6-17(9)13-11(15)7-10(8-12(13)16)14(18)19-2/h7-9H,3-6,16H2,1-2H3. The van der Waals surface area contributed by atoms with E-state index in [0.717, 1.165) is 25.1 Å². The van der Waals surface area contributed by atoms with E-state index in [1.807, 2.05) is 0 Å². The molecule has 0 aromatic heterocycles. The second-order valence-corrected chi connectivity index (χ2v) is 5.33. The van der Waals surface area contributed by atoms with Crippen LogP contribution in [0, 0.1) is 0 Å². The molecular weight excluding hydrogens is 264 g/mol. The summed E-state index contributed by atoms with van der Waals surface area (Å²) in [6.07, 6.45) is 3.50. The van der Waals surface area contributed by atoms with Gasteiger partial charge in [-0.15, -0.1) is 0 Å². The van der Waals surface area contributed by atoms with Crippen molar-refractivity contribution in [3.8, 4) is 0 Å². The van der Waals surface area contributed by atoms with Gasteiger partial charge in [0, 0.05) is 12.6 Å². The van der Waals surface area contributed by atoms with Gasteiger partial charge >= 0.3 is 5.97 Å². The second-order valence-electron chi connectivity index (χ2n) is 4.93. The first-order valence-corrected chi connectivity index (χ1v) is 6.86.